The van der Waals surface area contributed by atoms with E-state index in [1.165, 1.54) is 11.8 Å². The third-order valence-electron chi connectivity index (χ3n) is 3.75. The molecule has 0 fully saturated rings. The smallest absolute Gasteiger partial charge is 0.233 e. The lowest BCUT2D eigenvalue weighted by molar-refractivity contribution is -0.127. The van der Waals surface area contributed by atoms with Crippen LogP contribution < -0.4 is 4.74 Å². The molecule has 0 radical (unpaired) electrons. The molecule has 0 aliphatic carbocycles. The molecule has 0 N–H and O–H groups in total. The number of thioether (sulfide) groups is 1. The molecule has 0 unspecified atom stereocenters. The minimum Gasteiger partial charge on any atom is -0.497 e. The molecule has 2 aromatic carbocycles. The predicted molar refractivity (Wildman–Crippen MR) is 99.3 cm³/mol. The second-order valence-corrected chi connectivity index (χ2v) is 6.54. The summed E-state index contributed by atoms with van der Waals surface area (Å²) in [5.74, 6) is 1.04. The number of carbonyl (C=O) groups is 1. The van der Waals surface area contributed by atoms with Gasteiger partial charge in [-0.25, -0.2) is 0 Å². The Labute approximate surface area is 156 Å². The highest BCUT2D eigenvalue weighted by molar-refractivity contribution is 7.99. The van der Waals surface area contributed by atoms with Gasteiger partial charge in [0.2, 0.25) is 11.1 Å². The Morgan fingerprint density at radius 3 is 2.77 bits per heavy atom. The molecule has 0 aliphatic heterocycles. The molecule has 8 heteroatoms. The van der Waals surface area contributed by atoms with E-state index in [2.05, 4.69) is 15.5 Å². The van der Waals surface area contributed by atoms with E-state index >= 15 is 0 Å². The first-order valence-electron chi connectivity index (χ1n) is 8.01. The fraction of sp³-hybridized carbons (Fsp3) is 0.222. The van der Waals surface area contributed by atoms with Crippen LogP contribution >= 0.6 is 11.8 Å². The number of aromatic nitrogens is 4. The van der Waals surface area contributed by atoms with Crippen molar-refractivity contribution < 1.29 is 9.53 Å². The summed E-state index contributed by atoms with van der Waals surface area (Å²) >= 11 is 1.31. The molecule has 0 atom stereocenters. The summed E-state index contributed by atoms with van der Waals surface area (Å²) in [5.41, 5.74) is 1.87. The monoisotopic (exact) mass is 369 g/mol. The Kier molecular flexibility index (Phi) is 5.85. The van der Waals surface area contributed by atoms with Crippen LogP contribution in [-0.2, 0) is 11.3 Å². The fourth-order valence-corrected chi connectivity index (χ4v) is 3.20. The Bertz CT molecular complexity index is 869. The number of amides is 1. The van der Waals surface area contributed by atoms with Crippen LogP contribution in [0.4, 0.5) is 0 Å². The van der Waals surface area contributed by atoms with Crippen molar-refractivity contribution in [2.24, 2.45) is 0 Å². The van der Waals surface area contributed by atoms with E-state index in [-0.39, 0.29) is 11.7 Å². The fourth-order valence-electron chi connectivity index (χ4n) is 2.37. The molecular formula is C18H19N5O2S. The van der Waals surface area contributed by atoms with Gasteiger partial charge >= 0.3 is 0 Å². The third kappa shape index (κ3) is 4.40. The van der Waals surface area contributed by atoms with Crippen LogP contribution in [0.2, 0.25) is 0 Å². The molecule has 134 valence electrons. The van der Waals surface area contributed by atoms with Gasteiger partial charge in [0.05, 0.1) is 18.6 Å². The molecular weight excluding hydrogens is 350 g/mol. The van der Waals surface area contributed by atoms with Crippen LogP contribution in [0.15, 0.2) is 59.8 Å². The van der Waals surface area contributed by atoms with Crippen molar-refractivity contribution in [3.8, 4) is 11.4 Å². The van der Waals surface area contributed by atoms with E-state index < -0.39 is 0 Å². The molecule has 1 heterocycles. The van der Waals surface area contributed by atoms with Crippen molar-refractivity contribution in [2.75, 3.05) is 19.9 Å². The van der Waals surface area contributed by atoms with Crippen LogP contribution in [0.1, 0.15) is 5.56 Å². The summed E-state index contributed by atoms with van der Waals surface area (Å²) in [4.78, 5) is 14.1. The molecule has 0 bridgehead atoms. The van der Waals surface area contributed by atoms with Crippen molar-refractivity contribution >= 4 is 17.7 Å². The number of methoxy groups -OCH3 is 1. The van der Waals surface area contributed by atoms with E-state index in [9.17, 15) is 4.79 Å². The molecule has 1 aromatic heterocycles. The minimum absolute atomic E-state index is 0.000400. The number of carbonyl (C=O) groups excluding carboxylic acids is 1. The van der Waals surface area contributed by atoms with Gasteiger partial charge in [0.1, 0.15) is 5.75 Å². The number of nitrogens with zero attached hydrogens (tertiary/aromatic N) is 5. The number of benzene rings is 2. The third-order valence-corrected chi connectivity index (χ3v) is 4.65. The van der Waals surface area contributed by atoms with Gasteiger partial charge < -0.3 is 9.64 Å². The highest BCUT2D eigenvalue weighted by Crippen LogP contribution is 2.19. The predicted octanol–water partition coefficient (Wildman–Crippen LogP) is 2.42. The Hall–Kier alpha value is -2.87. The first-order valence-corrected chi connectivity index (χ1v) is 8.99. The SMILES string of the molecule is COc1cccc(CN(C)C(=O)CSc2nnnn2-c2ccccc2)c1. The molecule has 3 rings (SSSR count). The molecule has 0 spiro atoms. The first-order chi connectivity index (χ1) is 12.7. The summed E-state index contributed by atoms with van der Waals surface area (Å²) in [6, 6.07) is 17.3. The lowest BCUT2D eigenvalue weighted by Crippen LogP contribution is -2.27. The standard InChI is InChI=1S/C18H19N5O2S/c1-22(12-14-7-6-10-16(11-14)25-2)17(24)13-26-18-19-20-21-23(18)15-8-4-3-5-9-15/h3-11H,12-13H2,1-2H3. The summed E-state index contributed by atoms with van der Waals surface area (Å²) in [6.45, 7) is 0.514. The lowest BCUT2D eigenvalue weighted by atomic mass is 10.2. The molecule has 7 nitrogen and oxygen atoms in total. The second kappa shape index (κ2) is 8.48. The lowest BCUT2D eigenvalue weighted by Gasteiger charge is -2.17. The summed E-state index contributed by atoms with van der Waals surface area (Å²) in [5, 5.41) is 12.3. The van der Waals surface area contributed by atoms with Crippen molar-refractivity contribution in [2.45, 2.75) is 11.7 Å². The van der Waals surface area contributed by atoms with Gasteiger partial charge in [-0.1, -0.05) is 42.1 Å². The van der Waals surface area contributed by atoms with Gasteiger partial charge in [-0.3, -0.25) is 4.79 Å². The van der Waals surface area contributed by atoms with Gasteiger partial charge in [-0.05, 0) is 40.3 Å². The van der Waals surface area contributed by atoms with E-state index in [0.717, 1.165) is 17.0 Å². The van der Waals surface area contributed by atoms with Gasteiger partial charge in [0, 0.05) is 13.6 Å². The van der Waals surface area contributed by atoms with Crippen molar-refractivity contribution in [1.29, 1.82) is 0 Å². The van der Waals surface area contributed by atoms with Crippen LogP contribution in [0.25, 0.3) is 5.69 Å². The quantitative estimate of drug-likeness (QED) is 0.596. The summed E-state index contributed by atoms with van der Waals surface area (Å²) < 4.78 is 6.84. The number of hydrogen-bond donors (Lipinski definition) is 0. The van der Waals surface area contributed by atoms with E-state index in [1.807, 2.05) is 54.6 Å². The number of rotatable bonds is 7. The van der Waals surface area contributed by atoms with E-state index in [0.29, 0.717) is 11.7 Å². The molecule has 0 saturated carbocycles. The zero-order valence-electron chi connectivity index (χ0n) is 14.6. The van der Waals surface area contributed by atoms with Gasteiger partial charge in [0.15, 0.2) is 0 Å². The largest absolute Gasteiger partial charge is 0.497 e. The maximum absolute atomic E-state index is 12.4. The maximum atomic E-state index is 12.4. The molecule has 26 heavy (non-hydrogen) atoms. The van der Waals surface area contributed by atoms with Gasteiger partial charge in [-0.15, -0.1) is 5.10 Å². The highest BCUT2D eigenvalue weighted by Gasteiger charge is 2.14. The van der Waals surface area contributed by atoms with Gasteiger partial charge in [0.25, 0.3) is 0 Å². The van der Waals surface area contributed by atoms with Crippen LogP contribution in [0.5, 0.6) is 5.75 Å². The molecule has 0 aliphatic rings. The summed E-state index contributed by atoms with van der Waals surface area (Å²) in [6.07, 6.45) is 0. The number of para-hydroxylation sites is 1. The normalized spacial score (nSPS) is 10.5. The average molecular weight is 369 g/mol. The Balaban J connectivity index is 1.60. The number of hydrogen-bond acceptors (Lipinski definition) is 6. The van der Waals surface area contributed by atoms with E-state index in [1.54, 1.807) is 23.7 Å². The first kappa shape index (κ1) is 17.9. The topological polar surface area (TPSA) is 73.1 Å². The van der Waals surface area contributed by atoms with Crippen LogP contribution in [0.3, 0.4) is 0 Å². The number of tetrazole rings is 1. The molecule has 1 amide bonds. The van der Waals surface area contributed by atoms with Crippen molar-refractivity contribution in [3.05, 3.63) is 60.2 Å². The van der Waals surface area contributed by atoms with Crippen molar-refractivity contribution in [3.63, 3.8) is 0 Å². The van der Waals surface area contributed by atoms with Crippen LogP contribution in [-0.4, -0.2) is 50.9 Å². The zero-order valence-corrected chi connectivity index (χ0v) is 15.4. The van der Waals surface area contributed by atoms with Crippen LogP contribution in [0, 0.1) is 0 Å². The second-order valence-electron chi connectivity index (χ2n) is 5.60. The maximum Gasteiger partial charge on any atom is 0.233 e. The highest BCUT2D eigenvalue weighted by atomic mass is 32.2. The summed E-state index contributed by atoms with van der Waals surface area (Å²) in [7, 11) is 3.41. The van der Waals surface area contributed by atoms with Gasteiger partial charge in [-0.2, -0.15) is 4.68 Å². The minimum atomic E-state index is 0.000400. The zero-order chi connectivity index (χ0) is 18.4. The average Bonchev–Trinajstić information content (AvgIpc) is 3.15. The Morgan fingerprint density at radius 2 is 2.00 bits per heavy atom. The molecule has 3 aromatic rings. The molecule has 0 saturated heterocycles. The number of ether oxygens (including phenoxy) is 1. The van der Waals surface area contributed by atoms with Crippen molar-refractivity contribution in [1.82, 2.24) is 25.1 Å². The van der Waals surface area contributed by atoms with E-state index in [4.69, 9.17) is 4.74 Å². The Morgan fingerprint density at radius 1 is 1.19 bits per heavy atom.